The van der Waals surface area contributed by atoms with Crippen LogP contribution in [0.3, 0.4) is 0 Å². The quantitative estimate of drug-likeness (QED) is 0.116. The molecule has 0 spiro atoms. The molecular formula is C21H29N7O8. The Morgan fingerprint density at radius 1 is 1.06 bits per heavy atom. The molecule has 2 rings (SSSR count). The van der Waals surface area contributed by atoms with Gasteiger partial charge in [-0.15, -0.1) is 0 Å². The van der Waals surface area contributed by atoms with Gasteiger partial charge >= 0.3 is 5.97 Å². The van der Waals surface area contributed by atoms with E-state index < -0.39 is 64.8 Å². The lowest BCUT2D eigenvalue weighted by molar-refractivity contribution is -0.384. The Labute approximate surface area is 205 Å². The number of carboxylic acid groups (broad SMARTS) is 1. The average molecular weight is 508 g/mol. The van der Waals surface area contributed by atoms with Crippen molar-refractivity contribution in [2.75, 3.05) is 18.4 Å². The molecule has 0 saturated carbocycles. The fourth-order valence-corrected chi connectivity index (χ4v) is 3.50. The molecule has 0 unspecified atom stereocenters. The molecule has 0 aliphatic carbocycles. The van der Waals surface area contributed by atoms with E-state index in [4.69, 9.17) is 16.6 Å². The topological polar surface area (TPSA) is 249 Å². The van der Waals surface area contributed by atoms with Crippen molar-refractivity contribution < 1.29 is 34.0 Å². The van der Waals surface area contributed by atoms with Crippen LogP contribution in [0.4, 0.5) is 11.4 Å². The highest BCUT2D eigenvalue weighted by Crippen LogP contribution is 2.23. The molecule has 36 heavy (non-hydrogen) atoms. The smallest absolute Gasteiger partial charge is 0.303 e. The second kappa shape index (κ2) is 13.0. The minimum absolute atomic E-state index is 0.0646. The summed E-state index contributed by atoms with van der Waals surface area (Å²) in [7, 11) is 0. The van der Waals surface area contributed by atoms with Crippen molar-refractivity contribution >= 4 is 41.0 Å². The third kappa shape index (κ3) is 7.90. The number of hydrogen-bond acceptors (Lipinski definition) is 9. The first-order chi connectivity index (χ1) is 17.0. The number of carboxylic acids is 1. The number of fused-ring (bicyclic) bond motifs is 1. The Balaban J connectivity index is 2.50. The number of aliphatic carboxylic acids is 1. The van der Waals surface area contributed by atoms with Gasteiger partial charge in [0.15, 0.2) is 0 Å². The number of anilines is 1. The molecule has 0 saturated heterocycles. The number of nitrogens with zero attached hydrogens (tertiary/aromatic N) is 1. The number of amides is 4. The Bertz CT molecular complexity index is 1030. The number of rotatable bonds is 9. The highest BCUT2D eigenvalue weighted by atomic mass is 16.6. The third-order valence-corrected chi connectivity index (χ3v) is 5.46. The minimum atomic E-state index is -1.38. The number of non-ortho nitro benzene ring substituents is 1. The van der Waals surface area contributed by atoms with Gasteiger partial charge in [-0.25, -0.2) is 0 Å². The third-order valence-electron chi connectivity index (χ3n) is 5.46. The number of nitrogens with one attached hydrogen (secondary N) is 4. The number of nitro benzene ring substituents is 1. The van der Waals surface area contributed by atoms with Gasteiger partial charge in [0.2, 0.25) is 17.7 Å². The van der Waals surface area contributed by atoms with Crippen LogP contribution in [-0.2, 0) is 19.2 Å². The van der Waals surface area contributed by atoms with Crippen LogP contribution in [-0.4, -0.2) is 70.8 Å². The maximum atomic E-state index is 13.1. The molecule has 1 aliphatic rings. The number of benzene rings is 1. The molecule has 0 bridgehead atoms. The highest BCUT2D eigenvalue weighted by molar-refractivity contribution is 6.03. The zero-order valence-corrected chi connectivity index (χ0v) is 19.3. The first kappa shape index (κ1) is 28.0. The summed E-state index contributed by atoms with van der Waals surface area (Å²) in [5.41, 5.74) is 10.3. The van der Waals surface area contributed by atoms with E-state index in [1.807, 2.05) is 0 Å². The highest BCUT2D eigenvalue weighted by Gasteiger charge is 2.31. The molecule has 1 aromatic rings. The molecule has 1 aromatic carbocycles. The number of nitro groups is 1. The van der Waals surface area contributed by atoms with E-state index in [0.29, 0.717) is 19.4 Å². The summed E-state index contributed by atoms with van der Waals surface area (Å²) in [5.74, 6) is -4.57. The van der Waals surface area contributed by atoms with E-state index in [1.165, 1.54) is 6.07 Å². The summed E-state index contributed by atoms with van der Waals surface area (Å²) in [5, 5.41) is 30.4. The van der Waals surface area contributed by atoms with Crippen molar-refractivity contribution in [1.29, 1.82) is 0 Å². The van der Waals surface area contributed by atoms with Crippen LogP contribution in [0.25, 0.3) is 0 Å². The van der Waals surface area contributed by atoms with Crippen LogP contribution < -0.4 is 32.7 Å². The molecule has 15 heteroatoms. The van der Waals surface area contributed by atoms with Crippen molar-refractivity contribution in [3.8, 4) is 0 Å². The summed E-state index contributed by atoms with van der Waals surface area (Å²) in [6, 6.07) is -0.429. The van der Waals surface area contributed by atoms with Gasteiger partial charge in [-0.05, 0) is 38.3 Å². The van der Waals surface area contributed by atoms with Crippen LogP contribution >= 0.6 is 0 Å². The Hall–Kier alpha value is -4.27. The summed E-state index contributed by atoms with van der Waals surface area (Å²) in [6.45, 7) is 0.0862. The van der Waals surface area contributed by atoms with Crippen molar-refractivity contribution in [2.24, 2.45) is 11.5 Å². The van der Waals surface area contributed by atoms with Gasteiger partial charge in [0, 0.05) is 30.8 Å². The first-order valence-electron chi connectivity index (χ1n) is 11.2. The van der Waals surface area contributed by atoms with E-state index in [2.05, 4.69) is 21.3 Å². The van der Waals surface area contributed by atoms with Gasteiger partial charge in [0.25, 0.3) is 11.6 Å². The van der Waals surface area contributed by atoms with Crippen LogP contribution in [0.15, 0.2) is 18.2 Å². The van der Waals surface area contributed by atoms with E-state index >= 15 is 0 Å². The molecule has 196 valence electrons. The largest absolute Gasteiger partial charge is 0.481 e. The van der Waals surface area contributed by atoms with E-state index in [0.717, 1.165) is 12.1 Å². The summed E-state index contributed by atoms with van der Waals surface area (Å²) in [4.78, 5) is 72.6. The number of primary amides is 1. The second-order valence-corrected chi connectivity index (χ2v) is 8.14. The summed E-state index contributed by atoms with van der Waals surface area (Å²) >= 11 is 0. The fraction of sp³-hybridized carbons (Fsp3) is 0.476. The lowest BCUT2D eigenvalue weighted by atomic mass is 10.1. The standard InChI is InChI=1S/C21H29N7O8/c22-8-2-1-3-14-20(33)27-16(18(23)31)10-24-13-5-4-11(28(35)36)9-12(13)19(32)25-15(21(34)26-14)6-7-17(29)30/h4-5,9,14-16,24H,1-3,6-8,10,22H2,(H2,23,31)(H,25,32)(H,26,34)(H,27,33)(H,29,30)/t14-,15-,16-/m0/s1. The number of carbonyl (C=O) groups excluding carboxylic acids is 4. The Morgan fingerprint density at radius 3 is 2.33 bits per heavy atom. The van der Waals surface area contributed by atoms with Gasteiger partial charge < -0.3 is 37.8 Å². The molecule has 4 amide bonds. The van der Waals surface area contributed by atoms with Gasteiger partial charge in [-0.1, -0.05) is 0 Å². The van der Waals surface area contributed by atoms with Crippen molar-refractivity contribution in [3.63, 3.8) is 0 Å². The predicted octanol–water partition coefficient (Wildman–Crippen LogP) is -1.43. The molecule has 9 N–H and O–H groups in total. The molecule has 1 aliphatic heterocycles. The van der Waals surface area contributed by atoms with Crippen molar-refractivity contribution in [3.05, 3.63) is 33.9 Å². The average Bonchev–Trinajstić information content (AvgIpc) is 2.82. The van der Waals surface area contributed by atoms with Crippen LogP contribution in [0.5, 0.6) is 0 Å². The molecule has 0 aromatic heterocycles. The van der Waals surface area contributed by atoms with Gasteiger partial charge in [0.05, 0.1) is 10.5 Å². The molecular weight excluding hydrogens is 478 g/mol. The van der Waals surface area contributed by atoms with Crippen molar-refractivity contribution in [1.82, 2.24) is 16.0 Å². The normalized spacial score (nSPS) is 20.7. The van der Waals surface area contributed by atoms with E-state index in [1.54, 1.807) is 0 Å². The lowest BCUT2D eigenvalue weighted by Crippen LogP contribution is -2.57. The van der Waals surface area contributed by atoms with Crippen molar-refractivity contribution in [2.45, 2.75) is 50.2 Å². The lowest BCUT2D eigenvalue weighted by Gasteiger charge is -2.24. The number of nitrogens with two attached hydrogens (primary N) is 2. The number of carbonyl (C=O) groups is 5. The maximum Gasteiger partial charge on any atom is 0.303 e. The summed E-state index contributed by atoms with van der Waals surface area (Å²) in [6.07, 6.45) is 0.362. The second-order valence-electron chi connectivity index (χ2n) is 8.14. The van der Waals surface area contributed by atoms with E-state index in [9.17, 15) is 34.1 Å². The van der Waals surface area contributed by atoms with Gasteiger partial charge in [-0.3, -0.25) is 34.1 Å². The summed E-state index contributed by atoms with van der Waals surface area (Å²) < 4.78 is 0. The molecule has 3 atom stereocenters. The zero-order chi connectivity index (χ0) is 26.8. The molecule has 0 radical (unpaired) electrons. The Morgan fingerprint density at radius 2 is 1.72 bits per heavy atom. The fourth-order valence-electron chi connectivity index (χ4n) is 3.50. The van der Waals surface area contributed by atoms with Gasteiger partial charge in [0.1, 0.15) is 18.1 Å². The van der Waals surface area contributed by atoms with Crippen LogP contribution in [0.2, 0.25) is 0 Å². The SMILES string of the molecule is NCCCC[C@@H]1NC(=O)[C@H](CCC(=O)O)NC(=O)c2cc([N+](=O)[O-])ccc2NC[C@@H](C(N)=O)NC1=O. The molecule has 0 fully saturated rings. The van der Waals surface area contributed by atoms with Crippen LogP contribution in [0, 0.1) is 10.1 Å². The Kier molecular flexibility index (Phi) is 10.1. The molecule has 15 nitrogen and oxygen atoms in total. The van der Waals surface area contributed by atoms with Crippen LogP contribution in [0.1, 0.15) is 42.5 Å². The zero-order valence-electron chi connectivity index (χ0n) is 19.3. The monoisotopic (exact) mass is 507 g/mol. The predicted molar refractivity (Wildman–Crippen MR) is 126 cm³/mol. The van der Waals surface area contributed by atoms with Gasteiger partial charge in [-0.2, -0.15) is 0 Å². The number of unbranched alkanes of at least 4 members (excludes halogenated alkanes) is 1. The van der Waals surface area contributed by atoms with E-state index in [-0.39, 0.29) is 30.6 Å². The number of hydrogen-bond donors (Lipinski definition) is 7. The minimum Gasteiger partial charge on any atom is -0.481 e. The first-order valence-corrected chi connectivity index (χ1v) is 11.2. The maximum absolute atomic E-state index is 13.1. The molecule has 1 heterocycles.